The molecule has 0 bridgehead atoms. The number of benzene rings is 2. The lowest BCUT2D eigenvalue weighted by atomic mass is 9.99. The van der Waals surface area contributed by atoms with E-state index >= 15 is 0 Å². The first kappa shape index (κ1) is 24.8. The second kappa shape index (κ2) is 9.88. The van der Waals surface area contributed by atoms with E-state index in [9.17, 15) is 9.18 Å². The van der Waals surface area contributed by atoms with Crippen LogP contribution in [0.15, 0.2) is 76.4 Å². The molecule has 10 heteroatoms. The van der Waals surface area contributed by atoms with Crippen molar-refractivity contribution in [2.75, 3.05) is 5.32 Å². The molecule has 1 atom stereocenters. The summed E-state index contributed by atoms with van der Waals surface area (Å²) in [5.41, 5.74) is 2.59. The molecule has 3 heterocycles. The molecule has 186 valence electrons. The third-order valence-electron chi connectivity index (χ3n) is 5.92. The molecule has 0 fully saturated rings. The highest BCUT2D eigenvalue weighted by atomic mass is 35.5. The zero-order valence-electron chi connectivity index (χ0n) is 19.8. The fourth-order valence-electron chi connectivity index (χ4n) is 4.05. The van der Waals surface area contributed by atoms with Crippen molar-refractivity contribution in [3.63, 3.8) is 0 Å². The second-order valence-corrected chi connectivity index (χ2v) is 9.48. The summed E-state index contributed by atoms with van der Waals surface area (Å²) in [6.07, 6.45) is 5.40. The molecule has 7 nitrogen and oxygen atoms in total. The third kappa shape index (κ3) is 5.03. The normalized spacial score (nSPS) is 16.6. The van der Waals surface area contributed by atoms with Crippen molar-refractivity contribution in [3.05, 3.63) is 94.0 Å². The molecule has 1 aliphatic rings. The number of nitrogens with one attached hydrogen (secondary N) is 1. The van der Waals surface area contributed by atoms with Gasteiger partial charge in [0.1, 0.15) is 22.6 Å². The predicted octanol–water partition coefficient (Wildman–Crippen LogP) is 6.67. The minimum absolute atomic E-state index is 0.0384. The molecule has 0 saturated heterocycles. The molecule has 1 unspecified atom stereocenters. The van der Waals surface area contributed by atoms with Gasteiger partial charge in [0.2, 0.25) is 11.8 Å². The molecule has 4 aromatic rings. The fourth-order valence-corrected chi connectivity index (χ4v) is 4.58. The number of hydrogen-bond donors (Lipinski definition) is 1. The summed E-state index contributed by atoms with van der Waals surface area (Å²) >= 11 is 12.5. The predicted molar refractivity (Wildman–Crippen MR) is 141 cm³/mol. The molecule has 0 spiro atoms. The highest BCUT2D eigenvalue weighted by Gasteiger charge is 2.30. The van der Waals surface area contributed by atoms with Crippen LogP contribution in [0.3, 0.4) is 0 Å². The van der Waals surface area contributed by atoms with Crippen LogP contribution >= 0.6 is 23.2 Å². The van der Waals surface area contributed by atoms with Crippen molar-refractivity contribution in [1.82, 2.24) is 15.1 Å². The fraction of sp³-hybridized carbons (Fsp3) is 0.148. The second-order valence-electron chi connectivity index (χ2n) is 8.67. The first-order valence-corrected chi connectivity index (χ1v) is 12.1. The van der Waals surface area contributed by atoms with Gasteiger partial charge in [0.15, 0.2) is 5.82 Å². The minimum Gasteiger partial charge on any atom is -0.337 e. The van der Waals surface area contributed by atoms with Crippen LogP contribution in [0.1, 0.15) is 25.1 Å². The molecule has 0 aliphatic carbocycles. The third-order valence-corrected chi connectivity index (χ3v) is 6.63. The van der Waals surface area contributed by atoms with Crippen LogP contribution in [-0.4, -0.2) is 26.7 Å². The molecular formula is C27H20Cl2FN5O2. The van der Waals surface area contributed by atoms with Gasteiger partial charge in [-0.1, -0.05) is 34.4 Å². The minimum atomic E-state index is -0.667. The Balaban J connectivity index is 1.56. The van der Waals surface area contributed by atoms with Gasteiger partial charge in [-0.2, -0.15) is 0 Å². The zero-order chi connectivity index (χ0) is 26.2. The molecule has 1 aliphatic heterocycles. The number of aliphatic imine (C=N–C) groups is 1. The van der Waals surface area contributed by atoms with Crippen molar-refractivity contribution < 1.29 is 13.7 Å². The lowest BCUT2D eigenvalue weighted by molar-refractivity contribution is -0.115. The average Bonchev–Trinajstić information content (AvgIpc) is 3.45. The number of carbonyl (C=O) groups excluding carboxylic acids is 1. The number of carbonyl (C=O) groups is 1. The first-order valence-electron chi connectivity index (χ1n) is 11.3. The molecule has 0 saturated carbocycles. The lowest BCUT2D eigenvalue weighted by Gasteiger charge is -2.18. The molecule has 2 aromatic heterocycles. The van der Waals surface area contributed by atoms with Crippen molar-refractivity contribution in [3.8, 4) is 22.6 Å². The summed E-state index contributed by atoms with van der Waals surface area (Å²) in [6.45, 7) is 3.85. The van der Waals surface area contributed by atoms with Crippen LogP contribution in [0.5, 0.6) is 0 Å². The maximum absolute atomic E-state index is 13.6. The SMILES string of the molecule is CC1=NC(C)(c2ccnc(-c3c(-c4ccc(F)cc4)noc3NC(=O)Cc3c(Cl)cccc3Cl)n2)C=C1. The van der Waals surface area contributed by atoms with Gasteiger partial charge in [-0.15, -0.1) is 0 Å². The number of rotatable bonds is 6. The van der Waals surface area contributed by atoms with Crippen molar-refractivity contribution in [2.45, 2.75) is 25.8 Å². The van der Waals surface area contributed by atoms with Crippen LogP contribution in [0, 0.1) is 5.82 Å². The number of hydrogen-bond acceptors (Lipinski definition) is 6. The number of nitrogens with zero attached hydrogens (tertiary/aromatic N) is 4. The number of anilines is 1. The maximum atomic E-state index is 13.6. The van der Waals surface area contributed by atoms with E-state index < -0.39 is 17.3 Å². The van der Waals surface area contributed by atoms with Crippen molar-refractivity contribution >= 4 is 40.7 Å². The summed E-state index contributed by atoms with van der Waals surface area (Å²) in [7, 11) is 0. The van der Waals surface area contributed by atoms with E-state index in [-0.39, 0.29) is 18.1 Å². The molecule has 37 heavy (non-hydrogen) atoms. The van der Waals surface area contributed by atoms with E-state index in [1.54, 1.807) is 42.6 Å². The van der Waals surface area contributed by atoms with Crippen LogP contribution in [-0.2, 0) is 16.8 Å². The highest BCUT2D eigenvalue weighted by Crippen LogP contribution is 2.38. The van der Waals surface area contributed by atoms with E-state index in [4.69, 9.17) is 32.7 Å². The van der Waals surface area contributed by atoms with E-state index in [0.717, 1.165) is 5.71 Å². The Hall–Kier alpha value is -3.88. The quantitative estimate of drug-likeness (QED) is 0.297. The Morgan fingerprint density at radius 1 is 1.11 bits per heavy atom. The van der Waals surface area contributed by atoms with Gasteiger partial charge in [0.25, 0.3) is 0 Å². The first-order chi connectivity index (χ1) is 17.7. The lowest BCUT2D eigenvalue weighted by Crippen LogP contribution is -2.17. The molecular weight excluding hydrogens is 516 g/mol. The van der Waals surface area contributed by atoms with E-state index in [1.165, 1.54) is 12.1 Å². The summed E-state index contributed by atoms with van der Waals surface area (Å²) in [5, 5.41) is 7.64. The monoisotopic (exact) mass is 535 g/mol. The maximum Gasteiger partial charge on any atom is 0.243 e. The average molecular weight is 536 g/mol. The standard InChI is InChI=1S/C27H20Cl2FN5O2/c1-15-10-12-27(2,34-15)21-11-13-31-25(32-21)23-24(16-6-8-17(30)9-7-16)35-37-26(23)33-22(36)14-18-19(28)4-3-5-20(18)29/h3-13H,14H2,1-2H3,(H,33,36). The van der Waals surface area contributed by atoms with E-state index in [2.05, 4.69) is 20.4 Å². The largest absolute Gasteiger partial charge is 0.337 e. The smallest absolute Gasteiger partial charge is 0.243 e. The van der Waals surface area contributed by atoms with Crippen molar-refractivity contribution in [2.24, 2.45) is 4.99 Å². The number of halogens is 3. The Morgan fingerprint density at radius 3 is 2.51 bits per heavy atom. The van der Waals surface area contributed by atoms with Gasteiger partial charge in [0, 0.05) is 27.5 Å². The summed E-state index contributed by atoms with van der Waals surface area (Å²) in [4.78, 5) is 26.9. The molecule has 1 N–H and O–H groups in total. The molecule has 2 aromatic carbocycles. The summed E-state index contributed by atoms with van der Waals surface area (Å²) in [6, 6.07) is 12.5. The van der Waals surface area contributed by atoms with Crippen LogP contribution < -0.4 is 5.32 Å². The molecule has 1 amide bonds. The zero-order valence-corrected chi connectivity index (χ0v) is 21.3. The van der Waals surface area contributed by atoms with E-state index in [1.807, 2.05) is 26.0 Å². The van der Waals surface area contributed by atoms with Gasteiger partial charge in [-0.25, -0.2) is 14.4 Å². The summed E-state index contributed by atoms with van der Waals surface area (Å²) in [5.74, 6) is -0.526. The molecule has 5 rings (SSSR count). The Morgan fingerprint density at radius 2 is 1.84 bits per heavy atom. The van der Waals surface area contributed by atoms with E-state index in [0.29, 0.717) is 38.1 Å². The van der Waals surface area contributed by atoms with Gasteiger partial charge < -0.3 is 4.52 Å². The highest BCUT2D eigenvalue weighted by molar-refractivity contribution is 6.36. The summed E-state index contributed by atoms with van der Waals surface area (Å²) < 4.78 is 19.2. The van der Waals surface area contributed by atoms with Gasteiger partial charge in [0.05, 0.1) is 12.1 Å². The Kier molecular flexibility index (Phi) is 6.62. The van der Waals surface area contributed by atoms with Gasteiger partial charge in [-0.05, 0) is 74.0 Å². The number of amides is 1. The topological polar surface area (TPSA) is 93.3 Å². The van der Waals surface area contributed by atoms with Crippen LogP contribution in [0.25, 0.3) is 22.6 Å². The van der Waals surface area contributed by atoms with Crippen LogP contribution in [0.4, 0.5) is 10.3 Å². The van der Waals surface area contributed by atoms with Gasteiger partial charge >= 0.3 is 0 Å². The Labute approximate surface area is 222 Å². The number of aromatic nitrogens is 3. The van der Waals surface area contributed by atoms with Crippen molar-refractivity contribution in [1.29, 1.82) is 0 Å². The van der Waals surface area contributed by atoms with Crippen LogP contribution in [0.2, 0.25) is 10.0 Å². The van der Waals surface area contributed by atoms with Gasteiger partial charge in [-0.3, -0.25) is 15.1 Å². The number of allylic oxidation sites excluding steroid dienone is 1. The Bertz CT molecular complexity index is 1550. The molecule has 0 radical (unpaired) electrons.